The summed E-state index contributed by atoms with van der Waals surface area (Å²) in [5.41, 5.74) is 7.43. The van der Waals surface area contributed by atoms with E-state index < -0.39 is 0 Å². The number of rotatable bonds is 4. The summed E-state index contributed by atoms with van der Waals surface area (Å²) in [7, 11) is 4.02. The van der Waals surface area contributed by atoms with Crippen LogP contribution < -0.4 is 10.6 Å². The van der Waals surface area contributed by atoms with Crippen LogP contribution in [-0.4, -0.2) is 49.3 Å². The van der Waals surface area contributed by atoms with Gasteiger partial charge in [0.15, 0.2) is 0 Å². The van der Waals surface area contributed by atoms with Gasteiger partial charge in [0, 0.05) is 31.4 Å². The fourth-order valence-electron chi connectivity index (χ4n) is 2.78. The SMILES string of the molecule is CN(C)CC1CC(O)CN1c1ccc(F)cc1CN. The lowest BCUT2D eigenvalue weighted by Crippen LogP contribution is -2.38. The first kappa shape index (κ1) is 14.2. The first-order valence-electron chi connectivity index (χ1n) is 6.59. The van der Waals surface area contributed by atoms with Crippen molar-refractivity contribution < 1.29 is 9.50 Å². The molecule has 0 aliphatic carbocycles. The number of aliphatic hydroxyl groups is 1. The van der Waals surface area contributed by atoms with E-state index in [-0.39, 0.29) is 18.0 Å². The maximum Gasteiger partial charge on any atom is 0.123 e. The van der Waals surface area contributed by atoms with Gasteiger partial charge in [-0.2, -0.15) is 0 Å². The Hall–Kier alpha value is -1.17. The highest BCUT2D eigenvalue weighted by Crippen LogP contribution is 2.29. The molecular weight excluding hydrogens is 245 g/mol. The fourth-order valence-corrected chi connectivity index (χ4v) is 2.78. The van der Waals surface area contributed by atoms with Crippen LogP contribution >= 0.6 is 0 Å². The van der Waals surface area contributed by atoms with E-state index in [4.69, 9.17) is 5.73 Å². The molecule has 0 amide bonds. The van der Waals surface area contributed by atoms with Crippen LogP contribution in [0.15, 0.2) is 18.2 Å². The van der Waals surface area contributed by atoms with Gasteiger partial charge in [0.2, 0.25) is 0 Å². The van der Waals surface area contributed by atoms with Gasteiger partial charge in [-0.3, -0.25) is 0 Å². The lowest BCUT2D eigenvalue weighted by molar-refractivity contribution is 0.191. The smallest absolute Gasteiger partial charge is 0.123 e. The molecule has 2 unspecified atom stereocenters. The molecule has 1 aliphatic rings. The van der Waals surface area contributed by atoms with Crippen LogP contribution in [-0.2, 0) is 6.54 Å². The second-order valence-corrected chi connectivity index (χ2v) is 5.44. The molecule has 0 bridgehead atoms. The van der Waals surface area contributed by atoms with Crippen LogP contribution in [0.2, 0.25) is 0 Å². The maximum absolute atomic E-state index is 13.3. The van der Waals surface area contributed by atoms with Gasteiger partial charge in [0.25, 0.3) is 0 Å². The van der Waals surface area contributed by atoms with E-state index in [0.717, 1.165) is 24.2 Å². The van der Waals surface area contributed by atoms with Gasteiger partial charge in [0.05, 0.1) is 6.10 Å². The van der Waals surface area contributed by atoms with Crippen LogP contribution in [0, 0.1) is 5.82 Å². The van der Waals surface area contributed by atoms with E-state index in [1.54, 1.807) is 6.07 Å². The van der Waals surface area contributed by atoms with Crippen LogP contribution in [0.3, 0.4) is 0 Å². The first-order valence-corrected chi connectivity index (χ1v) is 6.59. The van der Waals surface area contributed by atoms with Gasteiger partial charge in [0.1, 0.15) is 5.82 Å². The Morgan fingerprint density at radius 3 is 2.84 bits per heavy atom. The largest absolute Gasteiger partial charge is 0.391 e. The Kier molecular flexibility index (Phi) is 4.39. The van der Waals surface area contributed by atoms with E-state index >= 15 is 0 Å². The van der Waals surface area contributed by atoms with E-state index in [1.165, 1.54) is 12.1 Å². The molecule has 5 heteroatoms. The zero-order valence-electron chi connectivity index (χ0n) is 11.5. The minimum absolute atomic E-state index is 0.237. The van der Waals surface area contributed by atoms with E-state index in [9.17, 15) is 9.50 Å². The van der Waals surface area contributed by atoms with Crippen molar-refractivity contribution in [2.45, 2.75) is 25.1 Å². The predicted octanol–water partition coefficient (Wildman–Crippen LogP) is 0.786. The summed E-state index contributed by atoms with van der Waals surface area (Å²) in [6.45, 7) is 1.74. The van der Waals surface area contributed by atoms with Gasteiger partial charge < -0.3 is 20.6 Å². The minimum atomic E-state index is -0.333. The molecule has 106 valence electrons. The number of nitrogens with two attached hydrogens (primary N) is 1. The number of anilines is 1. The highest BCUT2D eigenvalue weighted by atomic mass is 19.1. The molecule has 0 radical (unpaired) electrons. The summed E-state index contributed by atoms with van der Waals surface area (Å²) in [4.78, 5) is 4.24. The van der Waals surface area contributed by atoms with E-state index in [0.29, 0.717) is 13.1 Å². The van der Waals surface area contributed by atoms with Gasteiger partial charge in [-0.1, -0.05) is 0 Å². The molecular formula is C14H22FN3O. The summed E-state index contributed by atoms with van der Waals surface area (Å²) in [5, 5.41) is 9.90. The second kappa shape index (κ2) is 5.86. The lowest BCUT2D eigenvalue weighted by atomic mass is 10.1. The summed E-state index contributed by atoms with van der Waals surface area (Å²) in [6, 6.07) is 4.93. The number of likely N-dealkylation sites (N-methyl/N-ethyl adjacent to an activating group) is 1. The van der Waals surface area contributed by atoms with Crippen molar-refractivity contribution in [1.82, 2.24) is 4.90 Å². The Morgan fingerprint density at radius 2 is 2.21 bits per heavy atom. The molecule has 0 aromatic heterocycles. The molecule has 1 saturated heterocycles. The topological polar surface area (TPSA) is 52.7 Å². The van der Waals surface area contributed by atoms with Crippen molar-refractivity contribution >= 4 is 5.69 Å². The number of nitrogens with zero attached hydrogens (tertiary/aromatic N) is 2. The molecule has 1 aliphatic heterocycles. The molecule has 2 atom stereocenters. The summed E-state index contributed by atoms with van der Waals surface area (Å²) in [5.74, 6) is -0.270. The minimum Gasteiger partial charge on any atom is -0.391 e. The molecule has 1 aromatic rings. The number of benzene rings is 1. The standard InChI is InChI=1S/C14H22FN3O/c1-17(2)8-12-6-13(19)9-18(12)14-4-3-11(15)5-10(14)7-16/h3-5,12-13,19H,6-9,16H2,1-2H3. The van der Waals surface area contributed by atoms with Gasteiger partial charge in [-0.25, -0.2) is 4.39 Å². The number of hydrogen-bond donors (Lipinski definition) is 2. The normalized spacial score (nSPS) is 23.4. The van der Waals surface area contributed by atoms with Crippen molar-refractivity contribution in [1.29, 1.82) is 0 Å². The monoisotopic (exact) mass is 267 g/mol. The molecule has 0 saturated carbocycles. The maximum atomic E-state index is 13.3. The third-order valence-corrected chi connectivity index (χ3v) is 3.54. The average Bonchev–Trinajstić information content (AvgIpc) is 2.69. The van der Waals surface area contributed by atoms with Crippen LogP contribution in [0.25, 0.3) is 0 Å². The summed E-state index contributed by atoms with van der Waals surface area (Å²) in [6.07, 6.45) is 0.403. The quantitative estimate of drug-likeness (QED) is 0.847. The Bertz CT molecular complexity index is 439. The zero-order valence-corrected chi connectivity index (χ0v) is 11.5. The summed E-state index contributed by atoms with van der Waals surface area (Å²) >= 11 is 0. The number of halogens is 1. The highest BCUT2D eigenvalue weighted by molar-refractivity contribution is 5.55. The van der Waals surface area contributed by atoms with Crippen LogP contribution in [0.5, 0.6) is 0 Å². The van der Waals surface area contributed by atoms with E-state index in [1.807, 2.05) is 14.1 Å². The first-order chi connectivity index (χ1) is 9.01. The van der Waals surface area contributed by atoms with Crippen molar-refractivity contribution in [2.24, 2.45) is 5.73 Å². The average molecular weight is 267 g/mol. The molecule has 0 spiro atoms. The fraction of sp³-hybridized carbons (Fsp3) is 0.571. The lowest BCUT2D eigenvalue weighted by Gasteiger charge is -2.30. The van der Waals surface area contributed by atoms with Crippen molar-refractivity contribution in [3.05, 3.63) is 29.6 Å². The number of aliphatic hydroxyl groups excluding tert-OH is 1. The third kappa shape index (κ3) is 3.23. The summed E-state index contributed by atoms with van der Waals surface area (Å²) < 4.78 is 13.3. The van der Waals surface area contributed by atoms with Crippen molar-refractivity contribution in [2.75, 3.05) is 32.1 Å². The molecule has 2 rings (SSSR count). The zero-order chi connectivity index (χ0) is 14.0. The van der Waals surface area contributed by atoms with Gasteiger partial charge >= 0.3 is 0 Å². The Morgan fingerprint density at radius 1 is 1.47 bits per heavy atom. The molecule has 1 fully saturated rings. The molecule has 19 heavy (non-hydrogen) atoms. The van der Waals surface area contributed by atoms with Crippen LogP contribution in [0.4, 0.5) is 10.1 Å². The Balaban J connectivity index is 2.28. The number of hydrogen-bond acceptors (Lipinski definition) is 4. The van der Waals surface area contributed by atoms with Crippen molar-refractivity contribution in [3.63, 3.8) is 0 Å². The highest BCUT2D eigenvalue weighted by Gasteiger charge is 2.32. The molecule has 3 N–H and O–H groups in total. The predicted molar refractivity (Wildman–Crippen MR) is 74.6 cm³/mol. The van der Waals surface area contributed by atoms with E-state index in [2.05, 4.69) is 9.80 Å². The molecule has 1 aromatic carbocycles. The van der Waals surface area contributed by atoms with Gasteiger partial charge in [-0.05, 0) is 44.3 Å². The third-order valence-electron chi connectivity index (χ3n) is 3.54. The number of β-amino-alcohol motifs (C(OH)–C–C–N with tert-alkyl or cyclic N) is 1. The van der Waals surface area contributed by atoms with Gasteiger partial charge in [-0.15, -0.1) is 0 Å². The molecule has 4 nitrogen and oxygen atoms in total. The van der Waals surface area contributed by atoms with Crippen LogP contribution in [0.1, 0.15) is 12.0 Å². The molecule has 1 heterocycles. The second-order valence-electron chi connectivity index (χ2n) is 5.44. The Labute approximate surface area is 113 Å². The van der Waals surface area contributed by atoms with Crippen molar-refractivity contribution in [3.8, 4) is 0 Å².